The van der Waals surface area contributed by atoms with Gasteiger partial charge in [-0.3, -0.25) is 4.79 Å². The monoisotopic (exact) mass is 244 g/mol. The minimum absolute atomic E-state index is 0.00981. The third-order valence-electron chi connectivity index (χ3n) is 2.81. The summed E-state index contributed by atoms with van der Waals surface area (Å²) in [4.78, 5) is 12.2. The summed E-state index contributed by atoms with van der Waals surface area (Å²) in [6.45, 7) is 4.52. The number of amides is 1. The van der Waals surface area contributed by atoms with Crippen LogP contribution in [0.5, 0.6) is 0 Å². The molecule has 0 bridgehead atoms. The average Bonchev–Trinajstić information content (AvgIpc) is 2.64. The number of rotatable bonds is 5. The molecule has 4 nitrogen and oxygen atoms in total. The molecule has 3 N–H and O–H groups in total. The van der Waals surface area contributed by atoms with E-state index < -0.39 is 0 Å². The summed E-state index contributed by atoms with van der Waals surface area (Å²) >= 11 is 4.93. The van der Waals surface area contributed by atoms with E-state index in [1.54, 1.807) is 0 Å². The van der Waals surface area contributed by atoms with E-state index in [4.69, 9.17) is 22.7 Å². The van der Waals surface area contributed by atoms with Crippen LogP contribution < -0.4 is 11.1 Å². The Bertz CT molecular complexity index is 271. The van der Waals surface area contributed by atoms with Crippen LogP contribution in [0.1, 0.15) is 33.1 Å². The van der Waals surface area contributed by atoms with Crippen LogP contribution in [-0.4, -0.2) is 29.6 Å². The molecule has 1 aliphatic rings. The smallest absolute Gasteiger partial charge is 0.226 e. The molecule has 0 aromatic rings. The highest BCUT2D eigenvalue weighted by atomic mass is 32.1. The van der Waals surface area contributed by atoms with Crippen LogP contribution in [0.15, 0.2) is 0 Å². The largest absolute Gasteiger partial charge is 0.392 e. The molecule has 92 valence electrons. The fourth-order valence-electron chi connectivity index (χ4n) is 1.86. The standard InChI is InChI=1S/C11H20N2O2S/c1-3-4-9(10(12)16)13-11(14)8-5-7(2)15-6-8/h7-9H,3-6H2,1-2H3,(H2,12,16)(H,13,14). The summed E-state index contributed by atoms with van der Waals surface area (Å²) in [5, 5.41) is 2.89. The maximum absolute atomic E-state index is 11.9. The molecule has 1 amide bonds. The number of nitrogens with one attached hydrogen (secondary N) is 1. The zero-order chi connectivity index (χ0) is 12.1. The SMILES string of the molecule is CCCC(NC(=O)C1COC(C)C1)C(N)=S. The average molecular weight is 244 g/mol. The molecule has 1 heterocycles. The molecule has 0 spiro atoms. The summed E-state index contributed by atoms with van der Waals surface area (Å²) in [5.41, 5.74) is 5.58. The van der Waals surface area contributed by atoms with Gasteiger partial charge in [-0.1, -0.05) is 25.6 Å². The molecule has 1 saturated heterocycles. The van der Waals surface area contributed by atoms with Gasteiger partial charge in [-0.25, -0.2) is 0 Å². The molecule has 0 aliphatic carbocycles. The van der Waals surface area contributed by atoms with Crippen LogP contribution in [0, 0.1) is 5.92 Å². The van der Waals surface area contributed by atoms with E-state index in [9.17, 15) is 4.79 Å². The van der Waals surface area contributed by atoms with Crippen LogP contribution >= 0.6 is 12.2 Å². The lowest BCUT2D eigenvalue weighted by Gasteiger charge is -2.18. The molecule has 0 aromatic heterocycles. The van der Waals surface area contributed by atoms with E-state index in [1.807, 2.05) is 13.8 Å². The van der Waals surface area contributed by atoms with Crippen molar-refractivity contribution >= 4 is 23.1 Å². The molecular weight excluding hydrogens is 224 g/mol. The first kappa shape index (κ1) is 13.4. The minimum atomic E-state index is -0.177. The predicted molar refractivity (Wildman–Crippen MR) is 67.1 cm³/mol. The Balaban J connectivity index is 2.45. The van der Waals surface area contributed by atoms with Crippen molar-refractivity contribution in [2.24, 2.45) is 11.7 Å². The van der Waals surface area contributed by atoms with Crippen molar-refractivity contribution in [2.45, 2.75) is 45.3 Å². The van der Waals surface area contributed by atoms with Gasteiger partial charge in [0.2, 0.25) is 5.91 Å². The molecule has 1 rings (SSSR count). The van der Waals surface area contributed by atoms with Gasteiger partial charge in [0.1, 0.15) is 0 Å². The van der Waals surface area contributed by atoms with Crippen molar-refractivity contribution < 1.29 is 9.53 Å². The van der Waals surface area contributed by atoms with Crippen LogP contribution in [0.3, 0.4) is 0 Å². The second-order valence-electron chi connectivity index (χ2n) is 4.33. The first-order chi connectivity index (χ1) is 7.54. The van der Waals surface area contributed by atoms with Crippen LogP contribution in [0.2, 0.25) is 0 Å². The summed E-state index contributed by atoms with van der Waals surface area (Å²) in [5.74, 6) is -0.0423. The fraction of sp³-hybridized carbons (Fsp3) is 0.818. The van der Waals surface area contributed by atoms with Crippen molar-refractivity contribution in [3.05, 3.63) is 0 Å². The zero-order valence-corrected chi connectivity index (χ0v) is 10.7. The van der Waals surface area contributed by atoms with E-state index in [0.717, 1.165) is 19.3 Å². The zero-order valence-electron chi connectivity index (χ0n) is 9.86. The van der Waals surface area contributed by atoms with E-state index in [1.165, 1.54) is 0 Å². The Hall–Kier alpha value is -0.680. The lowest BCUT2D eigenvalue weighted by molar-refractivity contribution is -0.125. The topological polar surface area (TPSA) is 64.3 Å². The summed E-state index contributed by atoms with van der Waals surface area (Å²) in [6.07, 6.45) is 2.69. The molecule has 0 radical (unpaired) electrons. The summed E-state index contributed by atoms with van der Waals surface area (Å²) in [7, 11) is 0. The molecule has 3 unspecified atom stereocenters. The second kappa shape index (κ2) is 6.15. The van der Waals surface area contributed by atoms with Crippen molar-refractivity contribution in [2.75, 3.05) is 6.61 Å². The highest BCUT2D eigenvalue weighted by molar-refractivity contribution is 7.80. The van der Waals surface area contributed by atoms with Gasteiger partial charge < -0.3 is 15.8 Å². The number of ether oxygens (including phenoxy) is 1. The van der Waals surface area contributed by atoms with E-state index in [0.29, 0.717) is 11.6 Å². The minimum Gasteiger partial charge on any atom is -0.392 e. The predicted octanol–water partition coefficient (Wildman–Crippen LogP) is 0.982. The number of nitrogens with two attached hydrogens (primary N) is 1. The number of carbonyl (C=O) groups excluding carboxylic acids is 1. The maximum atomic E-state index is 11.9. The molecule has 16 heavy (non-hydrogen) atoms. The lowest BCUT2D eigenvalue weighted by Crippen LogP contribution is -2.45. The van der Waals surface area contributed by atoms with Crippen LogP contribution in [0.25, 0.3) is 0 Å². The van der Waals surface area contributed by atoms with Crippen molar-refractivity contribution in [1.29, 1.82) is 0 Å². The van der Waals surface area contributed by atoms with Gasteiger partial charge in [-0.05, 0) is 19.8 Å². The highest BCUT2D eigenvalue weighted by Crippen LogP contribution is 2.19. The van der Waals surface area contributed by atoms with Crippen LogP contribution in [0.4, 0.5) is 0 Å². The third kappa shape index (κ3) is 3.72. The van der Waals surface area contributed by atoms with E-state index >= 15 is 0 Å². The molecule has 5 heteroatoms. The maximum Gasteiger partial charge on any atom is 0.226 e. The highest BCUT2D eigenvalue weighted by Gasteiger charge is 2.29. The normalized spacial score (nSPS) is 26.4. The van der Waals surface area contributed by atoms with Crippen molar-refractivity contribution in [1.82, 2.24) is 5.32 Å². The van der Waals surface area contributed by atoms with Gasteiger partial charge in [0, 0.05) is 0 Å². The molecule has 1 aliphatic heterocycles. The van der Waals surface area contributed by atoms with Crippen molar-refractivity contribution in [3.8, 4) is 0 Å². The quantitative estimate of drug-likeness (QED) is 0.708. The first-order valence-corrected chi connectivity index (χ1v) is 6.16. The third-order valence-corrected chi connectivity index (χ3v) is 3.09. The van der Waals surface area contributed by atoms with E-state index in [2.05, 4.69) is 5.32 Å². The van der Waals surface area contributed by atoms with Gasteiger partial charge >= 0.3 is 0 Å². The fourth-order valence-corrected chi connectivity index (χ4v) is 2.04. The second-order valence-corrected chi connectivity index (χ2v) is 4.80. The number of thiocarbonyl (C=S) groups is 1. The number of hydrogen-bond acceptors (Lipinski definition) is 3. The lowest BCUT2D eigenvalue weighted by atomic mass is 10.0. The van der Waals surface area contributed by atoms with Crippen molar-refractivity contribution in [3.63, 3.8) is 0 Å². The molecule has 3 atom stereocenters. The summed E-state index contributed by atoms with van der Waals surface area (Å²) < 4.78 is 5.36. The van der Waals surface area contributed by atoms with Gasteiger partial charge in [0.15, 0.2) is 0 Å². The first-order valence-electron chi connectivity index (χ1n) is 5.75. The van der Waals surface area contributed by atoms with E-state index in [-0.39, 0.29) is 24.0 Å². The molecule has 1 fully saturated rings. The van der Waals surface area contributed by atoms with Gasteiger partial charge in [0.05, 0.1) is 29.7 Å². The molecule has 0 aromatic carbocycles. The number of carbonyl (C=O) groups is 1. The van der Waals surface area contributed by atoms with Gasteiger partial charge in [-0.2, -0.15) is 0 Å². The molecule has 0 saturated carbocycles. The summed E-state index contributed by atoms with van der Waals surface area (Å²) in [6, 6.07) is -0.177. The number of hydrogen-bond donors (Lipinski definition) is 2. The Morgan fingerprint density at radius 2 is 2.38 bits per heavy atom. The Labute approximate surface area is 102 Å². The Morgan fingerprint density at radius 1 is 1.69 bits per heavy atom. The Kier molecular flexibility index (Phi) is 5.15. The van der Waals surface area contributed by atoms with Gasteiger partial charge in [0.25, 0.3) is 0 Å². The Morgan fingerprint density at radius 3 is 2.81 bits per heavy atom. The molecular formula is C11H20N2O2S. The van der Waals surface area contributed by atoms with Crippen LogP contribution in [-0.2, 0) is 9.53 Å². The van der Waals surface area contributed by atoms with Gasteiger partial charge in [-0.15, -0.1) is 0 Å².